The lowest BCUT2D eigenvalue weighted by Gasteiger charge is -2.26. The average Bonchev–Trinajstić information content (AvgIpc) is 3.07. The summed E-state index contributed by atoms with van der Waals surface area (Å²) >= 11 is 12.3. The smallest absolute Gasteiger partial charge is 0.300 e. The van der Waals surface area contributed by atoms with Gasteiger partial charge in [-0.2, -0.15) is 0 Å². The minimum atomic E-state index is -1.25. The summed E-state index contributed by atoms with van der Waals surface area (Å²) < 4.78 is 20.6. The molecule has 0 bridgehead atoms. The zero-order valence-electron chi connectivity index (χ0n) is 20.1. The second kappa shape index (κ2) is 9.60. The first-order chi connectivity index (χ1) is 16.9. The van der Waals surface area contributed by atoms with Crippen LogP contribution in [0.4, 0.5) is 10.1 Å². The van der Waals surface area contributed by atoms with Crippen molar-refractivity contribution in [3.8, 4) is 5.75 Å². The lowest BCUT2D eigenvalue weighted by atomic mass is 9.84. The Labute approximate surface area is 218 Å². The molecule has 0 spiro atoms. The van der Waals surface area contributed by atoms with Gasteiger partial charge >= 0.3 is 0 Å². The lowest BCUT2D eigenvalue weighted by molar-refractivity contribution is -0.132. The van der Waals surface area contributed by atoms with Crippen LogP contribution >= 0.6 is 23.2 Å². The molecule has 1 aliphatic heterocycles. The molecular weight excluding hydrogens is 504 g/mol. The van der Waals surface area contributed by atoms with Gasteiger partial charge in [0.15, 0.2) is 0 Å². The molecule has 36 heavy (non-hydrogen) atoms. The number of hydrogen-bond donors (Lipinski definition) is 1. The summed E-state index contributed by atoms with van der Waals surface area (Å²) in [7, 11) is 1.55. The van der Waals surface area contributed by atoms with Gasteiger partial charge in [-0.25, -0.2) is 4.39 Å². The number of aliphatic hydroxyl groups is 1. The maximum atomic E-state index is 15.1. The van der Waals surface area contributed by atoms with Crippen LogP contribution in [-0.2, 0) is 15.0 Å². The molecule has 8 heteroatoms. The number of ether oxygens (including phenoxy) is 1. The molecule has 1 amide bonds. The second-order valence-electron chi connectivity index (χ2n) is 9.48. The summed E-state index contributed by atoms with van der Waals surface area (Å²) in [4.78, 5) is 27.8. The monoisotopic (exact) mass is 527 g/mol. The van der Waals surface area contributed by atoms with Crippen molar-refractivity contribution in [3.05, 3.63) is 98.8 Å². The van der Waals surface area contributed by atoms with Gasteiger partial charge in [-0.1, -0.05) is 62.2 Å². The Bertz CT molecular complexity index is 1390. The van der Waals surface area contributed by atoms with Gasteiger partial charge in [0.25, 0.3) is 11.7 Å². The molecular formula is C28H24Cl2FNO4. The number of nitrogens with zero attached hydrogens (tertiary/aromatic N) is 1. The van der Waals surface area contributed by atoms with Crippen molar-refractivity contribution in [1.82, 2.24) is 0 Å². The molecule has 1 N–H and O–H groups in total. The van der Waals surface area contributed by atoms with Crippen molar-refractivity contribution in [2.75, 3.05) is 12.0 Å². The normalized spacial score (nSPS) is 17.5. The summed E-state index contributed by atoms with van der Waals surface area (Å²) in [5.41, 5.74) is 0.727. The van der Waals surface area contributed by atoms with Gasteiger partial charge in [0, 0.05) is 32.4 Å². The van der Waals surface area contributed by atoms with Gasteiger partial charge in [0.2, 0.25) is 0 Å². The van der Waals surface area contributed by atoms with E-state index in [9.17, 15) is 14.7 Å². The Morgan fingerprint density at radius 1 is 1.00 bits per heavy atom. The third kappa shape index (κ3) is 4.59. The highest BCUT2D eigenvalue weighted by Gasteiger charge is 2.48. The molecule has 4 rings (SSSR count). The fraction of sp³-hybridized carbons (Fsp3) is 0.214. The third-order valence-corrected chi connectivity index (χ3v) is 6.49. The maximum Gasteiger partial charge on any atom is 0.300 e. The first kappa shape index (κ1) is 25.7. The van der Waals surface area contributed by atoms with E-state index in [0.717, 1.165) is 10.5 Å². The number of hydrogen-bond acceptors (Lipinski definition) is 4. The highest BCUT2D eigenvalue weighted by molar-refractivity contribution is 6.52. The van der Waals surface area contributed by atoms with Gasteiger partial charge in [-0.3, -0.25) is 14.5 Å². The Balaban J connectivity index is 2.00. The van der Waals surface area contributed by atoms with Crippen molar-refractivity contribution in [1.29, 1.82) is 0 Å². The summed E-state index contributed by atoms with van der Waals surface area (Å²) in [6.07, 6.45) is 0. The minimum Gasteiger partial charge on any atom is -0.507 e. The minimum absolute atomic E-state index is 0.0407. The van der Waals surface area contributed by atoms with Crippen molar-refractivity contribution < 1.29 is 23.8 Å². The summed E-state index contributed by atoms with van der Waals surface area (Å²) in [6.45, 7) is 5.95. The predicted octanol–water partition coefficient (Wildman–Crippen LogP) is 7.06. The van der Waals surface area contributed by atoms with Crippen molar-refractivity contribution in [2.24, 2.45) is 0 Å². The fourth-order valence-corrected chi connectivity index (χ4v) is 4.88. The molecule has 5 nitrogen and oxygen atoms in total. The number of aliphatic hydroxyl groups excluding tert-OH is 1. The van der Waals surface area contributed by atoms with E-state index in [2.05, 4.69) is 0 Å². The van der Waals surface area contributed by atoms with Crippen LogP contribution in [0.15, 0.2) is 66.2 Å². The Kier molecular flexibility index (Phi) is 6.86. The van der Waals surface area contributed by atoms with Gasteiger partial charge in [-0.15, -0.1) is 0 Å². The molecule has 3 aromatic rings. The zero-order valence-corrected chi connectivity index (χ0v) is 21.6. The van der Waals surface area contributed by atoms with E-state index < -0.39 is 29.3 Å². The summed E-state index contributed by atoms with van der Waals surface area (Å²) in [5, 5.41) is 11.9. The summed E-state index contributed by atoms with van der Waals surface area (Å²) in [6, 6.07) is 13.9. The number of halogens is 3. The fourth-order valence-electron chi connectivity index (χ4n) is 4.37. The first-order valence-corrected chi connectivity index (χ1v) is 11.9. The summed E-state index contributed by atoms with van der Waals surface area (Å²) in [5.74, 6) is -2.35. The van der Waals surface area contributed by atoms with Crippen LogP contribution in [0.3, 0.4) is 0 Å². The Morgan fingerprint density at radius 2 is 1.64 bits per heavy atom. The van der Waals surface area contributed by atoms with Crippen LogP contribution < -0.4 is 9.64 Å². The number of benzene rings is 3. The number of ketones is 1. The van der Waals surface area contributed by atoms with Gasteiger partial charge < -0.3 is 9.84 Å². The molecule has 0 aliphatic carbocycles. The highest BCUT2D eigenvalue weighted by atomic mass is 35.5. The quantitative estimate of drug-likeness (QED) is 0.224. The number of anilines is 1. The molecule has 1 fully saturated rings. The Hall–Kier alpha value is -3.35. The number of amides is 1. The van der Waals surface area contributed by atoms with Crippen LogP contribution in [0.5, 0.6) is 5.75 Å². The molecule has 186 valence electrons. The second-order valence-corrected chi connectivity index (χ2v) is 10.4. The van der Waals surface area contributed by atoms with E-state index in [0.29, 0.717) is 11.3 Å². The van der Waals surface area contributed by atoms with Gasteiger partial charge in [0.1, 0.15) is 17.3 Å². The number of Topliss-reactive ketones (excluding diaryl/α,β-unsaturated/α-hetero) is 1. The van der Waals surface area contributed by atoms with Crippen LogP contribution in [0.25, 0.3) is 5.76 Å². The SMILES string of the molecule is COc1ccc(/C(O)=C2\C(=O)C(=O)N(c3cc(Cl)cc(Cl)c3)C2c2ccccc2F)cc1C(C)(C)C. The van der Waals surface area contributed by atoms with Gasteiger partial charge in [-0.05, 0) is 47.9 Å². The molecule has 0 saturated carbocycles. The third-order valence-electron chi connectivity index (χ3n) is 6.05. The largest absolute Gasteiger partial charge is 0.507 e. The van der Waals surface area contributed by atoms with Crippen LogP contribution in [-0.4, -0.2) is 23.9 Å². The maximum absolute atomic E-state index is 15.1. The highest BCUT2D eigenvalue weighted by Crippen LogP contribution is 2.44. The van der Waals surface area contributed by atoms with Crippen molar-refractivity contribution in [2.45, 2.75) is 32.2 Å². The molecule has 1 atom stereocenters. The van der Waals surface area contributed by atoms with Gasteiger partial charge in [0.05, 0.1) is 18.7 Å². The first-order valence-electron chi connectivity index (χ1n) is 11.1. The molecule has 3 aromatic carbocycles. The van der Waals surface area contributed by atoms with E-state index >= 15 is 4.39 Å². The zero-order chi connectivity index (χ0) is 26.4. The number of methoxy groups -OCH3 is 1. The van der Waals surface area contributed by atoms with Crippen LogP contribution in [0.1, 0.15) is 43.5 Å². The molecule has 1 heterocycles. The average molecular weight is 528 g/mol. The standard InChI is InChI=1S/C28H24Cl2FNO4/c1-28(2,3)20-11-15(9-10-22(20)36-4)25(33)23-24(19-7-5-6-8-21(19)31)32(27(35)26(23)34)18-13-16(29)12-17(30)14-18/h5-14,24,33H,1-4H3/b25-23+. The van der Waals surface area contributed by atoms with E-state index in [1.807, 2.05) is 20.8 Å². The predicted molar refractivity (Wildman–Crippen MR) is 139 cm³/mol. The molecule has 1 aliphatic rings. The Morgan fingerprint density at radius 3 is 2.22 bits per heavy atom. The molecule has 0 radical (unpaired) electrons. The van der Waals surface area contributed by atoms with E-state index in [4.69, 9.17) is 27.9 Å². The number of rotatable bonds is 4. The topological polar surface area (TPSA) is 66.8 Å². The molecule has 1 unspecified atom stereocenters. The van der Waals surface area contributed by atoms with Crippen LogP contribution in [0.2, 0.25) is 10.0 Å². The van der Waals surface area contributed by atoms with Crippen molar-refractivity contribution in [3.63, 3.8) is 0 Å². The van der Waals surface area contributed by atoms with E-state index in [1.54, 1.807) is 31.4 Å². The van der Waals surface area contributed by atoms with Crippen molar-refractivity contribution >= 4 is 46.3 Å². The van der Waals surface area contributed by atoms with Crippen LogP contribution in [0, 0.1) is 5.82 Å². The number of carbonyl (C=O) groups is 2. The molecule has 0 aromatic heterocycles. The molecule has 1 saturated heterocycles. The van der Waals surface area contributed by atoms with E-state index in [-0.39, 0.29) is 32.3 Å². The lowest BCUT2D eigenvalue weighted by Crippen LogP contribution is -2.29. The number of carbonyl (C=O) groups excluding carboxylic acids is 2. The van der Waals surface area contributed by atoms with E-state index in [1.165, 1.54) is 36.4 Å².